The molecule has 2 heterocycles. The van der Waals surface area contributed by atoms with Crippen LogP contribution in [0.3, 0.4) is 0 Å². The molecular formula is C13H22N4O4. The largest absolute Gasteiger partial charge is 0.448 e. The standard InChI is InChI=1S/C13H22N4O4/c1-5-20-12(19)17-9-7-16(6-8(9)10(14)15-17)11(18)21-13(2,3)4/h8-9H,5-7H2,1-4H3,(H2,14,15)/t8-,9-/m0/s1. The summed E-state index contributed by atoms with van der Waals surface area (Å²) in [4.78, 5) is 25.5. The Morgan fingerprint density at radius 3 is 2.57 bits per heavy atom. The number of carbonyl (C=O) groups excluding carboxylic acids is 2. The molecule has 118 valence electrons. The van der Waals surface area contributed by atoms with Crippen LogP contribution in [0.2, 0.25) is 0 Å². The first-order valence-corrected chi connectivity index (χ1v) is 7.01. The third-order valence-electron chi connectivity index (χ3n) is 3.31. The first-order chi connectivity index (χ1) is 9.73. The molecule has 1 saturated heterocycles. The topological polar surface area (TPSA) is 97.5 Å². The SMILES string of the molecule is CCOC(=O)N1N=C(N)[C@H]2CN(C(=O)OC(C)(C)C)C[C@@H]21. The molecule has 0 bridgehead atoms. The lowest BCUT2D eigenvalue weighted by atomic mass is 10.0. The molecule has 1 fully saturated rings. The van der Waals surface area contributed by atoms with Crippen LogP contribution in [-0.4, -0.2) is 59.3 Å². The highest BCUT2D eigenvalue weighted by atomic mass is 16.6. The van der Waals surface area contributed by atoms with Crippen LogP contribution in [-0.2, 0) is 9.47 Å². The Morgan fingerprint density at radius 2 is 2.00 bits per heavy atom. The summed E-state index contributed by atoms with van der Waals surface area (Å²) in [6.45, 7) is 8.14. The highest BCUT2D eigenvalue weighted by Gasteiger charge is 2.48. The maximum Gasteiger partial charge on any atom is 0.430 e. The van der Waals surface area contributed by atoms with Crippen LogP contribution < -0.4 is 5.73 Å². The first kappa shape index (κ1) is 15.4. The number of amides is 2. The van der Waals surface area contributed by atoms with Crippen molar-refractivity contribution >= 4 is 18.0 Å². The van der Waals surface area contributed by atoms with Gasteiger partial charge in [-0.3, -0.25) is 0 Å². The van der Waals surface area contributed by atoms with Crippen molar-refractivity contribution in [3.63, 3.8) is 0 Å². The minimum atomic E-state index is -0.560. The Kier molecular flexibility index (Phi) is 3.97. The van der Waals surface area contributed by atoms with Gasteiger partial charge in [0.1, 0.15) is 11.4 Å². The normalized spacial score (nSPS) is 24.7. The molecule has 0 aliphatic carbocycles. The van der Waals surface area contributed by atoms with Crippen LogP contribution >= 0.6 is 0 Å². The predicted molar refractivity (Wildman–Crippen MR) is 75.6 cm³/mol. The Balaban J connectivity index is 2.05. The fourth-order valence-electron chi connectivity index (χ4n) is 2.44. The molecule has 0 aromatic heterocycles. The smallest absolute Gasteiger partial charge is 0.430 e. The summed E-state index contributed by atoms with van der Waals surface area (Å²) in [5.41, 5.74) is 5.30. The number of hydrogen-bond acceptors (Lipinski definition) is 6. The second-order valence-electron chi connectivity index (χ2n) is 6.13. The number of hydrogen-bond donors (Lipinski definition) is 1. The summed E-state index contributed by atoms with van der Waals surface area (Å²) in [5, 5.41) is 5.26. The molecule has 21 heavy (non-hydrogen) atoms. The number of likely N-dealkylation sites (tertiary alicyclic amines) is 1. The van der Waals surface area contributed by atoms with E-state index in [0.29, 0.717) is 18.9 Å². The summed E-state index contributed by atoms with van der Waals surface area (Å²) >= 11 is 0. The summed E-state index contributed by atoms with van der Waals surface area (Å²) < 4.78 is 10.3. The van der Waals surface area contributed by atoms with E-state index < -0.39 is 17.8 Å². The van der Waals surface area contributed by atoms with Gasteiger partial charge in [-0.15, -0.1) is 0 Å². The van der Waals surface area contributed by atoms with Crippen molar-refractivity contribution in [1.29, 1.82) is 0 Å². The molecule has 0 aromatic rings. The number of nitrogens with two attached hydrogens (primary N) is 1. The van der Waals surface area contributed by atoms with E-state index in [1.807, 2.05) is 20.8 Å². The average molecular weight is 298 g/mol. The Morgan fingerprint density at radius 1 is 1.33 bits per heavy atom. The maximum atomic E-state index is 12.1. The third-order valence-corrected chi connectivity index (χ3v) is 3.31. The van der Waals surface area contributed by atoms with Gasteiger partial charge in [-0.05, 0) is 27.7 Å². The molecule has 8 nitrogen and oxygen atoms in total. The van der Waals surface area contributed by atoms with Crippen LogP contribution in [0.25, 0.3) is 0 Å². The van der Waals surface area contributed by atoms with Gasteiger partial charge in [-0.2, -0.15) is 10.1 Å². The van der Waals surface area contributed by atoms with E-state index in [1.165, 1.54) is 5.01 Å². The van der Waals surface area contributed by atoms with Gasteiger partial charge in [0.15, 0.2) is 0 Å². The molecule has 0 aromatic carbocycles. The molecule has 2 aliphatic rings. The molecule has 2 aliphatic heterocycles. The molecule has 2 N–H and O–H groups in total. The second-order valence-corrected chi connectivity index (χ2v) is 6.13. The van der Waals surface area contributed by atoms with Gasteiger partial charge in [0, 0.05) is 13.1 Å². The summed E-state index contributed by atoms with van der Waals surface area (Å²) in [6.07, 6.45) is -0.951. The number of hydrazone groups is 1. The van der Waals surface area contributed by atoms with Crippen LogP contribution in [0, 0.1) is 5.92 Å². The lowest BCUT2D eigenvalue weighted by molar-refractivity contribution is 0.0273. The van der Waals surface area contributed by atoms with Gasteiger partial charge < -0.3 is 20.1 Å². The monoisotopic (exact) mass is 298 g/mol. The minimum Gasteiger partial charge on any atom is -0.448 e. The van der Waals surface area contributed by atoms with Crippen molar-refractivity contribution < 1.29 is 19.1 Å². The third kappa shape index (κ3) is 3.20. The minimum absolute atomic E-state index is 0.165. The lowest BCUT2D eigenvalue weighted by Crippen LogP contribution is -2.40. The molecule has 8 heteroatoms. The van der Waals surface area contributed by atoms with Crippen molar-refractivity contribution in [2.75, 3.05) is 19.7 Å². The van der Waals surface area contributed by atoms with Crippen LogP contribution in [0.15, 0.2) is 5.10 Å². The summed E-state index contributed by atoms with van der Waals surface area (Å²) in [7, 11) is 0. The van der Waals surface area contributed by atoms with Crippen LogP contribution in [0.4, 0.5) is 9.59 Å². The molecule has 0 spiro atoms. The van der Waals surface area contributed by atoms with Gasteiger partial charge in [0.05, 0.1) is 18.6 Å². The fraction of sp³-hybridized carbons (Fsp3) is 0.769. The highest BCUT2D eigenvalue weighted by Crippen LogP contribution is 2.29. The van der Waals surface area contributed by atoms with Crippen molar-refractivity contribution in [3.8, 4) is 0 Å². The van der Waals surface area contributed by atoms with E-state index >= 15 is 0 Å². The fourth-order valence-corrected chi connectivity index (χ4v) is 2.44. The van der Waals surface area contributed by atoms with E-state index in [1.54, 1.807) is 11.8 Å². The zero-order chi connectivity index (χ0) is 15.8. The Labute approximate surface area is 123 Å². The van der Waals surface area contributed by atoms with Gasteiger partial charge in [-0.25, -0.2) is 9.59 Å². The van der Waals surface area contributed by atoms with E-state index in [2.05, 4.69) is 5.10 Å². The van der Waals surface area contributed by atoms with E-state index in [0.717, 1.165) is 0 Å². The van der Waals surface area contributed by atoms with Gasteiger partial charge >= 0.3 is 12.2 Å². The number of nitrogens with zero attached hydrogens (tertiary/aromatic N) is 3. The summed E-state index contributed by atoms with van der Waals surface area (Å²) in [5.74, 6) is 0.182. The molecule has 0 radical (unpaired) electrons. The zero-order valence-electron chi connectivity index (χ0n) is 12.8. The molecule has 2 amide bonds. The van der Waals surface area contributed by atoms with E-state index in [-0.39, 0.29) is 18.6 Å². The second kappa shape index (κ2) is 5.42. The van der Waals surface area contributed by atoms with Crippen LogP contribution in [0.1, 0.15) is 27.7 Å². The number of carbonyl (C=O) groups is 2. The van der Waals surface area contributed by atoms with Gasteiger partial charge in [-0.1, -0.05) is 0 Å². The number of rotatable bonds is 1. The van der Waals surface area contributed by atoms with Crippen molar-refractivity contribution in [2.45, 2.75) is 39.3 Å². The quantitative estimate of drug-likeness (QED) is 0.777. The predicted octanol–water partition coefficient (Wildman–Crippen LogP) is 0.966. The molecule has 0 saturated carbocycles. The molecule has 0 unspecified atom stereocenters. The van der Waals surface area contributed by atoms with Gasteiger partial charge in [0.25, 0.3) is 0 Å². The van der Waals surface area contributed by atoms with Crippen molar-refractivity contribution in [1.82, 2.24) is 9.91 Å². The average Bonchev–Trinajstić information content (AvgIpc) is 2.88. The number of amidine groups is 1. The molecule has 2 rings (SSSR count). The lowest BCUT2D eigenvalue weighted by Gasteiger charge is -2.25. The number of ether oxygens (including phenoxy) is 2. The first-order valence-electron chi connectivity index (χ1n) is 7.01. The van der Waals surface area contributed by atoms with E-state index in [4.69, 9.17) is 15.2 Å². The van der Waals surface area contributed by atoms with Crippen molar-refractivity contribution in [3.05, 3.63) is 0 Å². The summed E-state index contributed by atoms with van der Waals surface area (Å²) in [6, 6.07) is -0.281. The maximum absolute atomic E-state index is 12.1. The van der Waals surface area contributed by atoms with Crippen LogP contribution in [0.5, 0.6) is 0 Å². The van der Waals surface area contributed by atoms with E-state index in [9.17, 15) is 9.59 Å². The molecular weight excluding hydrogens is 276 g/mol. The zero-order valence-corrected chi connectivity index (χ0v) is 12.8. The highest BCUT2D eigenvalue weighted by molar-refractivity contribution is 5.89. The Bertz CT molecular complexity index is 471. The number of fused-ring (bicyclic) bond motifs is 1. The van der Waals surface area contributed by atoms with Gasteiger partial charge in [0.2, 0.25) is 0 Å². The Hall–Kier alpha value is -1.99. The van der Waals surface area contributed by atoms with Crippen molar-refractivity contribution in [2.24, 2.45) is 16.8 Å². The molecule has 2 atom stereocenters.